The van der Waals surface area contributed by atoms with Gasteiger partial charge in [-0.3, -0.25) is 4.79 Å². The van der Waals surface area contributed by atoms with E-state index in [1.807, 2.05) is 30.3 Å². The summed E-state index contributed by atoms with van der Waals surface area (Å²) in [6.45, 7) is 0. The fraction of sp³-hybridized carbons (Fsp3) is 0.263. The Kier molecular flexibility index (Phi) is 5.39. The lowest BCUT2D eigenvalue weighted by molar-refractivity contribution is -0.157. The van der Waals surface area contributed by atoms with Crippen molar-refractivity contribution in [2.75, 3.05) is 0 Å². The van der Waals surface area contributed by atoms with Crippen molar-refractivity contribution in [2.24, 2.45) is 5.10 Å². The molecule has 1 atom stereocenters. The number of aliphatic hydroxyl groups is 1. The first-order valence-electron chi connectivity index (χ1n) is 8.20. The maximum Gasteiger partial charge on any atom is 0.431 e. The molecular weight excluding hydrogens is 425 g/mol. The van der Waals surface area contributed by atoms with E-state index in [4.69, 9.17) is 0 Å². The van der Waals surface area contributed by atoms with Crippen molar-refractivity contribution >= 4 is 27.5 Å². The van der Waals surface area contributed by atoms with E-state index in [0.29, 0.717) is 15.9 Å². The van der Waals surface area contributed by atoms with Crippen molar-refractivity contribution in [3.63, 3.8) is 0 Å². The molecule has 2 aromatic carbocycles. The molecule has 1 unspecified atom stereocenters. The van der Waals surface area contributed by atoms with Gasteiger partial charge in [-0.15, -0.1) is 0 Å². The molecule has 1 aliphatic heterocycles. The molecule has 0 radical (unpaired) electrons. The Labute approximate surface area is 162 Å². The summed E-state index contributed by atoms with van der Waals surface area (Å²) in [6, 6.07) is 15.2. The molecule has 4 nitrogen and oxygen atoms in total. The molecule has 27 heavy (non-hydrogen) atoms. The molecule has 0 aliphatic carbocycles. The summed E-state index contributed by atoms with van der Waals surface area (Å²) in [7, 11) is 0. The summed E-state index contributed by atoms with van der Waals surface area (Å²) >= 11 is 3.24. The highest BCUT2D eigenvalue weighted by Gasteiger charge is 2.52. The number of carbonyl (C=O) groups is 1. The van der Waals surface area contributed by atoms with Gasteiger partial charge in [0.2, 0.25) is 5.91 Å². The lowest BCUT2D eigenvalue weighted by atomic mass is 9.96. The van der Waals surface area contributed by atoms with Gasteiger partial charge in [0.1, 0.15) is 5.71 Å². The Morgan fingerprint density at radius 2 is 1.78 bits per heavy atom. The van der Waals surface area contributed by atoms with Crippen LogP contribution in [0.4, 0.5) is 13.2 Å². The molecule has 0 fully saturated rings. The monoisotopic (exact) mass is 440 g/mol. The first-order valence-corrected chi connectivity index (χ1v) is 8.99. The quantitative estimate of drug-likeness (QED) is 0.766. The minimum atomic E-state index is -4.72. The zero-order chi connectivity index (χ0) is 19.7. The second-order valence-corrected chi connectivity index (χ2v) is 7.15. The van der Waals surface area contributed by atoms with Gasteiger partial charge in [0, 0.05) is 16.5 Å². The summed E-state index contributed by atoms with van der Waals surface area (Å²) in [4.78, 5) is 12.6. The minimum Gasteiger partial charge on any atom is -0.365 e. The SMILES string of the molecule is O=C(CCc1ccccc1)N1N=C(C(F)(F)F)CC1(O)c1ccc(Br)cc1. The second kappa shape index (κ2) is 7.44. The van der Waals surface area contributed by atoms with Crippen LogP contribution in [0.25, 0.3) is 0 Å². The van der Waals surface area contributed by atoms with Crippen LogP contribution in [0, 0.1) is 0 Å². The van der Waals surface area contributed by atoms with Gasteiger partial charge in [-0.25, -0.2) is 0 Å². The third kappa shape index (κ3) is 4.22. The Hall–Kier alpha value is -2.19. The van der Waals surface area contributed by atoms with E-state index in [2.05, 4.69) is 21.0 Å². The van der Waals surface area contributed by atoms with E-state index in [0.717, 1.165) is 5.56 Å². The average Bonchev–Trinajstić information content (AvgIpc) is 3.00. The van der Waals surface area contributed by atoms with Gasteiger partial charge in [0.15, 0.2) is 5.72 Å². The molecule has 0 bridgehead atoms. The fourth-order valence-electron chi connectivity index (χ4n) is 2.91. The van der Waals surface area contributed by atoms with E-state index >= 15 is 0 Å². The average molecular weight is 441 g/mol. The highest BCUT2D eigenvalue weighted by molar-refractivity contribution is 9.10. The second-order valence-electron chi connectivity index (χ2n) is 6.24. The Morgan fingerprint density at radius 1 is 1.15 bits per heavy atom. The molecule has 0 spiro atoms. The maximum absolute atomic E-state index is 13.2. The summed E-state index contributed by atoms with van der Waals surface area (Å²) in [5.74, 6) is -0.677. The molecule has 1 N–H and O–H groups in total. The molecule has 1 amide bonds. The smallest absolute Gasteiger partial charge is 0.365 e. The summed E-state index contributed by atoms with van der Waals surface area (Å²) < 4.78 is 40.3. The number of rotatable bonds is 4. The molecule has 1 heterocycles. The van der Waals surface area contributed by atoms with Crippen molar-refractivity contribution in [1.29, 1.82) is 0 Å². The van der Waals surface area contributed by atoms with Gasteiger partial charge in [-0.2, -0.15) is 23.3 Å². The van der Waals surface area contributed by atoms with Crippen LogP contribution in [0.3, 0.4) is 0 Å². The van der Waals surface area contributed by atoms with Crippen LogP contribution < -0.4 is 0 Å². The molecule has 3 rings (SSSR count). The molecule has 0 saturated heterocycles. The van der Waals surface area contributed by atoms with E-state index in [-0.39, 0.29) is 12.0 Å². The number of alkyl halides is 3. The van der Waals surface area contributed by atoms with Gasteiger partial charge < -0.3 is 5.11 Å². The van der Waals surface area contributed by atoms with Crippen LogP contribution in [-0.2, 0) is 16.9 Å². The number of carbonyl (C=O) groups excluding carboxylic acids is 1. The van der Waals surface area contributed by atoms with Crippen molar-refractivity contribution in [1.82, 2.24) is 5.01 Å². The van der Waals surface area contributed by atoms with Gasteiger partial charge in [0.25, 0.3) is 0 Å². The molecule has 142 valence electrons. The van der Waals surface area contributed by atoms with Crippen LogP contribution in [0.15, 0.2) is 64.2 Å². The Bertz CT molecular complexity index is 854. The first kappa shape index (κ1) is 19.6. The molecule has 0 saturated carbocycles. The normalized spacial score (nSPS) is 19.9. The Balaban J connectivity index is 1.88. The van der Waals surface area contributed by atoms with Crippen LogP contribution >= 0.6 is 15.9 Å². The number of hydrazone groups is 1. The van der Waals surface area contributed by atoms with Crippen molar-refractivity contribution in [3.05, 3.63) is 70.2 Å². The number of benzene rings is 2. The predicted octanol–water partition coefficient (Wildman–Crippen LogP) is 4.38. The lowest BCUT2D eigenvalue weighted by Gasteiger charge is -2.31. The number of nitrogens with zero attached hydrogens (tertiary/aromatic N) is 2. The first-order chi connectivity index (χ1) is 12.7. The molecule has 2 aromatic rings. The van der Waals surface area contributed by atoms with E-state index < -0.39 is 29.9 Å². The summed E-state index contributed by atoms with van der Waals surface area (Å²) in [5.41, 5.74) is -2.31. The van der Waals surface area contributed by atoms with Gasteiger partial charge in [-0.05, 0) is 24.1 Å². The van der Waals surface area contributed by atoms with Crippen LogP contribution in [-0.4, -0.2) is 27.9 Å². The zero-order valence-corrected chi connectivity index (χ0v) is 15.7. The van der Waals surface area contributed by atoms with E-state index in [9.17, 15) is 23.1 Å². The molecule has 0 aromatic heterocycles. The number of aryl methyl sites for hydroxylation is 1. The third-order valence-corrected chi connectivity index (χ3v) is 4.85. The number of amides is 1. The van der Waals surface area contributed by atoms with Gasteiger partial charge >= 0.3 is 6.18 Å². The van der Waals surface area contributed by atoms with Gasteiger partial charge in [-0.1, -0.05) is 58.4 Å². The van der Waals surface area contributed by atoms with Crippen LogP contribution in [0.2, 0.25) is 0 Å². The third-order valence-electron chi connectivity index (χ3n) is 4.33. The van der Waals surface area contributed by atoms with E-state index in [1.54, 1.807) is 12.1 Å². The van der Waals surface area contributed by atoms with Gasteiger partial charge in [0.05, 0.1) is 6.42 Å². The largest absolute Gasteiger partial charge is 0.431 e. The lowest BCUT2D eigenvalue weighted by Crippen LogP contribution is -2.43. The summed E-state index contributed by atoms with van der Waals surface area (Å²) in [5, 5.41) is 15.0. The molecule has 1 aliphatic rings. The zero-order valence-electron chi connectivity index (χ0n) is 14.1. The highest BCUT2D eigenvalue weighted by Crippen LogP contribution is 2.40. The highest BCUT2D eigenvalue weighted by atomic mass is 79.9. The maximum atomic E-state index is 13.2. The van der Waals surface area contributed by atoms with Crippen molar-refractivity contribution < 1.29 is 23.1 Å². The number of hydrogen-bond donors (Lipinski definition) is 1. The van der Waals surface area contributed by atoms with Crippen molar-refractivity contribution in [3.8, 4) is 0 Å². The van der Waals surface area contributed by atoms with Crippen LogP contribution in [0.5, 0.6) is 0 Å². The summed E-state index contributed by atoms with van der Waals surface area (Å²) in [6.07, 6.45) is -5.27. The topological polar surface area (TPSA) is 52.9 Å². The fourth-order valence-corrected chi connectivity index (χ4v) is 3.17. The number of halogens is 4. The van der Waals surface area contributed by atoms with Crippen LogP contribution in [0.1, 0.15) is 24.0 Å². The van der Waals surface area contributed by atoms with E-state index in [1.165, 1.54) is 12.1 Å². The molecule has 8 heteroatoms. The number of hydrogen-bond acceptors (Lipinski definition) is 3. The predicted molar refractivity (Wildman–Crippen MR) is 97.8 cm³/mol. The molecular formula is C19H16BrF3N2O2. The van der Waals surface area contributed by atoms with Crippen molar-refractivity contribution in [2.45, 2.75) is 31.2 Å². The Morgan fingerprint density at radius 3 is 2.37 bits per heavy atom. The standard InChI is InChI=1S/C19H16BrF3N2O2/c20-15-9-7-14(8-10-15)18(27)12-16(19(21,22)23)24-25(18)17(26)11-6-13-4-2-1-3-5-13/h1-5,7-10,27H,6,11-12H2. The minimum absolute atomic E-state index is 0.0719.